The maximum atomic E-state index is 12.7. The highest BCUT2D eigenvalue weighted by atomic mass is 16.5. The molecule has 2 atom stereocenters. The number of hydrogen-bond acceptors (Lipinski definition) is 6. The van der Waals surface area contributed by atoms with Crippen LogP contribution in [0.5, 0.6) is 0 Å². The third kappa shape index (κ3) is 32.5. The Kier molecular flexibility index (Phi) is 34.2. The molecule has 2 amide bonds. The van der Waals surface area contributed by atoms with Crippen molar-refractivity contribution in [2.75, 3.05) is 13.2 Å². The second-order valence-electron chi connectivity index (χ2n) is 13.7. The topological polar surface area (TPSA) is 142 Å². The molecule has 0 aromatic carbocycles. The fraction of sp³-hybridized carbons (Fsp3) is 0.805. The van der Waals surface area contributed by atoms with Crippen LogP contribution in [-0.4, -0.2) is 59.3 Å². The molecule has 0 saturated heterocycles. The number of carbonyl (C=O) groups is 4. The van der Waals surface area contributed by atoms with Crippen molar-refractivity contribution in [3.63, 3.8) is 0 Å². The van der Waals surface area contributed by atoms with E-state index >= 15 is 0 Å². The number of aliphatic hydroxyl groups excluding tert-OH is 1. The number of rotatable bonds is 36. The lowest BCUT2D eigenvalue weighted by Gasteiger charge is -2.18. The SMILES string of the molecule is CCCCCC/C=C\C/C=C\CCCCCCCC(=O)OC(CCCCCCCC)CCCCCCCC(=O)NCC(=O)NC(CO)C(=O)O. The molecule has 0 aliphatic carbocycles. The van der Waals surface area contributed by atoms with Gasteiger partial charge in [0.2, 0.25) is 11.8 Å². The average molecular weight is 707 g/mol. The molecule has 4 N–H and O–H groups in total. The Hall–Kier alpha value is -2.68. The average Bonchev–Trinajstić information content (AvgIpc) is 3.10. The van der Waals surface area contributed by atoms with E-state index in [1.54, 1.807) is 0 Å². The van der Waals surface area contributed by atoms with Crippen LogP contribution in [0.25, 0.3) is 0 Å². The zero-order chi connectivity index (χ0) is 36.9. The standard InChI is InChI=1S/C41H74N2O7/c1-3-5-7-9-11-12-13-14-15-16-17-18-19-20-25-29-33-40(47)50-36(30-26-22-10-8-6-4-2)31-27-23-21-24-28-32-38(45)42-34-39(46)43-37(35-44)41(48)49/h12-13,15-16,36-37,44H,3-11,14,17-35H2,1-2H3,(H,42,45)(H,43,46)(H,48,49)/b13-12-,16-15-. The molecule has 0 saturated carbocycles. The summed E-state index contributed by atoms with van der Waals surface area (Å²) in [6.45, 7) is 3.43. The van der Waals surface area contributed by atoms with Gasteiger partial charge in [-0.1, -0.05) is 128 Å². The van der Waals surface area contributed by atoms with Gasteiger partial charge in [-0.2, -0.15) is 0 Å². The number of carboxylic acid groups (broad SMARTS) is 1. The van der Waals surface area contributed by atoms with Gasteiger partial charge in [0.25, 0.3) is 0 Å². The maximum absolute atomic E-state index is 12.7. The highest BCUT2D eigenvalue weighted by Gasteiger charge is 2.19. The van der Waals surface area contributed by atoms with Crippen LogP contribution < -0.4 is 10.6 Å². The molecule has 50 heavy (non-hydrogen) atoms. The molecule has 9 heteroatoms. The summed E-state index contributed by atoms with van der Waals surface area (Å²) in [5.74, 6) is -2.31. The number of unbranched alkanes of at least 4 members (excludes halogenated alkanes) is 18. The first kappa shape index (κ1) is 47.3. The molecule has 0 fully saturated rings. The molecule has 0 aromatic heterocycles. The Labute approximate surface area is 304 Å². The molecule has 2 unspecified atom stereocenters. The molecule has 0 spiro atoms. The van der Waals surface area contributed by atoms with Gasteiger partial charge in [0.05, 0.1) is 13.2 Å². The van der Waals surface area contributed by atoms with Crippen LogP contribution >= 0.6 is 0 Å². The lowest BCUT2D eigenvalue weighted by Crippen LogP contribution is -2.47. The number of ether oxygens (including phenoxy) is 1. The van der Waals surface area contributed by atoms with Crippen LogP contribution in [0.1, 0.15) is 187 Å². The van der Waals surface area contributed by atoms with Gasteiger partial charge in [-0.15, -0.1) is 0 Å². The lowest BCUT2D eigenvalue weighted by molar-refractivity contribution is -0.150. The Morgan fingerprint density at radius 3 is 1.62 bits per heavy atom. The van der Waals surface area contributed by atoms with E-state index in [1.807, 2.05) is 0 Å². The Bertz CT molecular complexity index is 905. The van der Waals surface area contributed by atoms with Crippen LogP contribution in [-0.2, 0) is 23.9 Å². The highest BCUT2D eigenvalue weighted by molar-refractivity contribution is 5.87. The number of carbonyl (C=O) groups excluding carboxylic acids is 3. The van der Waals surface area contributed by atoms with Gasteiger partial charge in [-0.25, -0.2) is 4.79 Å². The van der Waals surface area contributed by atoms with Crippen molar-refractivity contribution in [3.8, 4) is 0 Å². The highest BCUT2D eigenvalue weighted by Crippen LogP contribution is 2.18. The van der Waals surface area contributed by atoms with Gasteiger partial charge in [0.15, 0.2) is 0 Å². The number of hydrogen-bond donors (Lipinski definition) is 4. The van der Waals surface area contributed by atoms with Crippen LogP contribution in [0.15, 0.2) is 24.3 Å². The summed E-state index contributed by atoms with van der Waals surface area (Å²) in [5.41, 5.74) is 0. The number of aliphatic hydroxyl groups is 1. The molecule has 0 aliphatic heterocycles. The summed E-state index contributed by atoms with van der Waals surface area (Å²) in [7, 11) is 0. The summed E-state index contributed by atoms with van der Waals surface area (Å²) in [6.07, 6.45) is 37.8. The van der Waals surface area contributed by atoms with Gasteiger partial charge in [-0.3, -0.25) is 14.4 Å². The lowest BCUT2D eigenvalue weighted by atomic mass is 10.0. The molecule has 0 aliphatic rings. The first-order valence-corrected chi connectivity index (χ1v) is 20.2. The summed E-state index contributed by atoms with van der Waals surface area (Å²) >= 11 is 0. The first-order chi connectivity index (χ1) is 24.3. The minimum atomic E-state index is -1.38. The summed E-state index contributed by atoms with van der Waals surface area (Å²) < 4.78 is 5.97. The number of carboxylic acids is 1. The predicted octanol–water partition coefficient (Wildman–Crippen LogP) is 9.26. The van der Waals surface area contributed by atoms with Crippen LogP contribution in [0.3, 0.4) is 0 Å². The van der Waals surface area contributed by atoms with Gasteiger partial charge in [0, 0.05) is 12.8 Å². The van der Waals surface area contributed by atoms with E-state index in [0.29, 0.717) is 19.3 Å². The molecule has 9 nitrogen and oxygen atoms in total. The monoisotopic (exact) mass is 707 g/mol. The van der Waals surface area contributed by atoms with Gasteiger partial charge < -0.3 is 25.6 Å². The normalized spacial score (nSPS) is 12.7. The van der Waals surface area contributed by atoms with E-state index in [-0.39, 0.29) is 24.5 Å². The minimum Gasteiger partial charge on any atom is -0.480 e. The second kappa shape index (κ2) is 36.1. The Balaban J connectivity index is 4.14. The summed E-state index contributed by atoms with van der Waals surface area (Å²) in [4.78, 5) is 47.3. The van der Waals surface area contributed by atoms with Gasteiger partial charge in [0.1, 0.15) is 12.1 Å². The third-order valence-electron chi connectivity index (χ3n) is 8.95. The third-order valence-corrected chi connectivity index (χ3v) is 8.95. The van der Waals surface area contributed by atoms with E-state index in [4.69, 9.17) is 14.9 Å². The van der Waals surface area contributed by atoms with E-state index in [0.717, 1.165) is 77.0 Å². The number of amides is 2. The zero-order valence-electron chi connectivity index (χ0n) is 31.9. The molecule has 0 heterocycles. The quantitative estimate of drug-likeness (QED) is 0.0289. The van der Waals surface area contributed by atoms with Gasteiger partial charge >= 0.3 is 11.9 Å². The second-order valence-corrected chi connectivity index (χ2v) is 13.7. The first-order valence-electron chi connectivity index (χ1n) is 20.2. The number of nitrogens with one attached hydrogen (secondary N) is 2. The number of aliphatic carboxylic acids is 1. The van der Waals surface area contributed by atoms with Gasteiger partial charge in [-0.05, 0) is 70.6 Å². The predicted molar refractivity (Wildman–Crippen MR) is 204 cm³/mol. The van der Waals surface area contributed by atoms with Crippen LogP contribution in [0.4, 0.5) is 0 Å². The summed E-state index contributed by atoms with van der Waals surface area (Å²) in [6, 6.07) is -1.38. The number of allylic oxidation sites excluding steroid dienone is 4. The van der Waals surface area contributed by atoms with Crippen molar-refractivity contribution < 1.29 is 34.1 Å². The van der Waals surface area contributed by atoms with Crippen LogP contribution in [0, 0.1) is 0 Å². The van der Waals surface area contributed by atoms with E-state index in [2.05, 4.69) is 48.8 Å². The molecular formula is C41H74N2O7. The van der Waals surface area contributed by atoms with Crippen molar-refractivity contribution in [1.29, 1.82) is 0 Å². The fourth-order valence-electron chi connectivity index (χ4n) is 5.80. The van der Waals surface area contributed by atoms with E-state index in [1.165, 1.54) is 77.0 Å². The van der Waals surface area contributed by atoms with Crippen molar-refractivity contribution in [2.45, 2.75) is 199 Å². The largest absolute Gasteiger partial charge is 0.480 e. The van der Waals surface area contributed by atoms with Crippen molar-refractivity contribution in [3.05, 3.63) is 24.3 Å². The molecule has 290 valence electrons. The molecule has 0 rings (SSSR count). The van der Waals surface area contributed by atoms with Crippen molar-refractivity contribution in [2.24, 2.45) is 0 Å². The van der Waals surface area contributed by atoms with Crippen LogP contribution in [0.2, 0.25) is 0 Å². The minimum absolute atomic E-state index is 0.0140. The molecular weight excluding hydrogens is 632 g/mol. The zero-order valence-corrected chi connectivity index (χ0v) is 31.9. The number of esters is 1. The van der Waals surface area contributed by atoms with Crippen molar-refractivity contribution >= 4 is 23.8 Å². The van der Waals surface area contributed by atoms with E-state index in [9.17, 15) is 19.2 Å². The fourth-order valence-corrected chi connectivity index (χ4v) is 5.80. The Morgan fingerprint density at radius 1 is 0.600 bits per heavy atom. The Morgan fingerprint density at radius 2 is 1.08 bits per heavy atom. The summed E-state index contributed by atoms with van der Waals surface area (Å²) in [5, 5.41) is 22.5. The molecule has 0 radical (unpaired) electrons. The van der Waals surface area contributed by atoms with Crippen molar-refractivity contribution in [1.82, 2.24) is 10.6 Å². The smallest absolute Gasteiger partial charge is 0.328 e. The molecule has 0 bridgehead atoms. The maximum Gasteiger partial charge on any atom is 0.328 e. The van der Waals surface area contributed by atoms with E-state index < -0.39 is 24.5 Å². The molecule has 0 aromatic rings.